The highest BCUT2D eigenvalue weighted by Crippen LogP contribution is 2.12. The molecular weight excluding hydrogens is 132 g/mol. The van der Waals surface area contributed by atoms with Crippen LogP contribution in [-0.2, 0) is 0 Å². The lowest BCUT2D eigenvalue weighted by molar-refractivity contribution is 0.545. The third-order valence-electron chi connectivity index (χ3n) is 1.01. The van der Waals surface area contributed by atoms with Crippen molar-refractivity contribution in [3.05, 3.63) is 23.6 Å². The Bertz CT molecular complexity index is 189. The molecule has 0 heteroatoms. The van der Waals surface area contributed by atoms with Gasteiger partial charge < -0.3 is 0 Å². The summed E-state index contributed by atoms with van der Waals surface area (Å²) in [6.07, 6.45) is 4.05. The van der Waals surface area contributed by atoms with Crippen molar-refractivity contribution in [3.63, 3.8) is 0 Å². The fourth-order valence-electron chi connectivity index (χ4n) is 0.473. The van der Waals surface area contributed by atoms with Gasteiger partial charge in [-0.05, 0) is 23.5 Å². The van der Waals surface area contributed by atoms with Gasteiger partial charge in [-0.25, -0.2) is 0 Å². The van der Waals surface area contributed by atoms with Crippen LogP contribution in [-0.4, -0.2) is 0 Å². The number of hydrogen-bond acceptors (Lipinski definition) is 0. The van der Waals surface area contributed by atoms with E-state index in [1.165, 1.54) is 0 Å². The van der Waals surface area contributed by atoms with Crippen LogP contribution < -0.4 is 0 Å². The molecule has 0 N–H and O–H groups in total. The number of rotatable bonds is 1. The monoisotopic (exact) mass is 150 g/mol. The van der Waals surface area contributed by atoms with E-state index in [4.69, 9.17) is 0 Å². The van der Waals surface area contributed by atoms with Crippen molar-refractivity contribution in [1.82, 2.24) is 0 Å². The first-order valence-electron chi connectivity index (χ1n) is 4.10. The Labute approximate surface area is 70.3 Å². The Balaban J connectivity index is 4.23. The van der Waals surface area contributed by atoms with E-state index < -0.39 is 0 Å². The molecule has 0 spiro atoms. The first-order chi connectivity index (χ1) is 4.92. The highest BCUT2D eigenvalue weighted by molar-refractivity contribution is 4.94. The average Bonchev–Trinajstić information content (AvgIpc) is 1.78. The summed E-state index contributed by atoms with van der Waals surface area (Å²) in [5.74, 6) is 0.566. The highest BCUT2D eigenvalue weighted by Gasteiger charge is 2.01. The van der Waals surface area contributed by atoms with Crippen LogP contribution in [0.2, 0.25) is 0 Å². The molecule has 0 aliphatic carbocycles. The zero-order valence-corrected chi connectivity index (χ0v) is 8.23. The van der Waals surface area contributed by atoms with E-state index in [2.05, 4.69) is 46.1 Å². The zero-order valence-electron chi connectivity index (χ0n) is 8.23. The molecule has 0 radical (unpaired) electrons. The number of hydrogen-bond donors (Lipinski definition) is 0. The van der Waals surface area contributed by atoms with Crippen LogP contribution in [0.15, 0.2) is 23.6 Å². The maximum atomic E-state index is 3.03. The Morgan fingerprint density at radius 1 is 1.09 bits per heavy atom. The van der Waals surface area contributed by atoms with Crippen LogP contribution in [0.5, 0.6) is 0 Å². The van der Waals surface area contributed by atoms with Gasteiger partial charge in [0.05, 0.1) is 0 Å². The second-order valence-corrected chi connectivity index (χ2v) is 4.21. The predicted molar refractivity (Wildman–Crippen MR) is 50.5 cm³/mol. The minimum Gasteiger partial charge on any atom is -0.0747 e. The molecule has 0 saturated heterocycles. The molecule has 0 saturated carbocycles. The summed E-state index contributed by atoms with van der Waals surface area (Å²) in [4.78, 5) is 0. The van der Waals surface area contributed by atoms with Gasteiger partial charge in [-0.15, -0.1) is 0 Å². The maximum Gasteiger partial charge on any atom is -0.0121 e. The lowest BCUT2D eigenvalue weighted by atomic mass is 9.97. The molecule has 0 unspecified atom stereocenters. The lowest BCUT2D eigenvalue weighted by Gasteiger charge is -2.07. The molecule has 0 aromatic heterocycles. The fourth-order valence-corrected chi connectivity index (χ4v) is 0.473. The summed E-state index contributed by atoms with van der Waals surface area (Å²) in [6.45, 7) is 10.7. The SMILES string of the molecule is CC(C)C=C=C=CC(C)(C)C. The van der Waals surface area contributed by atoms with E-state index >= 15 is 0 Å². The van der Waals surface area contributed by atoms with Crippen LogP contribution in [0, 0.1) is 11.3 Å². The molecule has 0 fully saturated rings. The molecule has 0 aromatic rings. The second-order valence-electron chi connectivity index (χ2n) is 4.21. The van der Waals surface area contributed by atoms with Gasteiger partial charge in [-0.2, -0.15) is 0 Å². The quantitative estimate of drug-likeness (QED) is 0.501. The van der Waals surface area contributed by atoms with Crippen molar-refractivity contribution in [2.24, 2.45) is 11.3 Å². The molecule has 11 heavy (non-hydrogen) atoms. The van der Waals surface area contributed by atoms with E-state index in [1.54, 1.807) is 0 Å². The largest absolute Gasteiger partial charge is 0.0747 e. The predicted octanol–water partition coefficient (Wildman–Crippen LogP) is 3.55. The molecular formula is C11H18. The minimum absolute atomic E-state index is 0.220. The van der Waals surface area contributed by atoms with Gasteiger partial charge in [0, 0.05) is 0 Å². The van der Waals surface area contributed by atoms with E-state index in [0.717, 1.165) is 0 Å². The first kappa shape index (κ1) is 10.3. The highest BCUT2D eigenvalue weighted by atomic mass is 14.1. The average molecular weight is 150 g/mol. The summed E-state index contributed by atoms with van der Waals surface area (Å²) in [5.41, 5.74) is 6.26. The molecule has 0 rings (SSSR count). The third kappa shape index (κ3) is 9.30. The van der Waals surface area contributed by atoms with Crippen molar-refractivity contribution in [2.75, 3.05) is 0 Å². The third-order valence-corrected chi connectivity index (χ3v) is 1.01. The van der Waals surface area contributed by atoms with Gasteiger partial charge in [0.25, 0.3) is 0 Å². The van der Waals surface area contributed by atoms with Crippen LogP contribution in [0.25, 0.3) is 0 Å². The standard InChI is InChI=1S/C11H18/c1-10(2)8-6-7-9-11(3,4)5/h8-10H,1-5H3. The van der Waals surface area contributed by atoms with Crippen LogP contribution in [0.3, 0.4) is 0 Å². The number of allylic oxidation sites excluding steroid dienone is 2. The van der Waals surface area contributed by atoms with Gasteiger partial charge in [0.2, 0.25) is 0 Å². The molecule has 0 heterocycles. The van der Waals surface area contributed by atoms with Gasteiger partial charge in [0.15, 0.2) is 0 Å². The van der Waals surface area contributed by atoms with Crippen molar-refractivity contribution in [1.29, 1.82) is 0 Å². The Morgan fingerprint density at radius 3 is 2.00 bits per heavy atom. The van der Waals surface area contributed by atoms with E-state index in [-0.39, 0.29) is 5.41 Å². The summed E-state index contributed by atoms with van der Waals surface area (Å²) in [6, 6.07) is 0. The molecule has 0 aliphatic rings. The van der Waals surface area contributed by atoms with Gasteiger partial charge in [-0.3, -0.25) is 0 Å². The fraction of sp³-hybridized carbons (Fsp3) is 0.636. The molecule has 0 atom stereocenters. The first-order valence-corrected chi connectivity index (χ1v) is 4.10. The second kappa shape index (κ2) is 4.23. The maximum absolute atomic E-state index is 3.03. The molecule has 62 valence electrons. The van der Waals surface area contributed by atoms with Gasteiger partial charge >= 0.3 is 0 Å². The van der Waals surface area contributed by atoms with Gasteiger partial charge in [-0.1, -0.05) is 46.1 Å². The van der Waals surface area contributed by atoms with Crippen molar-refractivity contribution in [2.45, 2.75) is 34.6 Å². The Hall–Kier alpha value is -0.700. The summed E-state index contributed by atoms with van der Waals surface area (Å²) >= 11 is 0. The molecule has 0 amide bonds. The smallest absolute Gasteiger partial charge is 0.0121 e. The van der Waals surface area contributed by atoms with Gasteiger partial charge in [0.1, 0.15) is 0 Å². The van der Waals surface area contributed by atoms with E-state index in [1.807, 2.05) is 12.2 Å². The van der Waals surface area contributed by atoms with Crippen LogP contribution >= 0.6 is 0 Å². The summed E-state index contributed by atoms with van der Waals surface area (Å²) in [7, 11) is 0. The van der Waals surface area contributed by atoms with Crippen LogP contribution in [0.4, 0.5) is 0 Å². The topological polar surface area (TPSA) is 0 Å². The lowest BCUT2D eigenvalue weighted by Crippen LogP contribution is -1.96. The zero-order chi connectivity index (χ0) is 8.91. The Kier molecular flexibility index (Phi) is 3.97. The summed E-state index contributed by atoms with van der Waals surface area (Å²) < 4.78 is 0. The minimum atomic E-state index is 0.220. The van der Waals surface area contributed by atoms with Crippen molar-refractivity contribution in [3.8, 4) is 0 Å². The molecule has 0 bridgehead atoms. The van der Waals surface area contributed by atoms with E-state index in [0.29, 0.717) is 5.92 Å². The van der Waals surface area contributed by atoms with Crippen molar-refractivity contribution >= 4 is 0 Å². The summed E-state index contributed by atoms with van der Waals surface area (Å²) in [5, 5.41) is 0. The normalized spacial score (nSPS) is 10.4. The van der Waals surface area contributed by atoms with E-state index in [9.17, 15) is 0 Å². The molecule has 0 aliphatic heterocycles. The molecule has 0 aromatic carbocycles. The Morgan fingerprint density at radius 2 is 1.64 bits per heavy atom. The molecule has 0 nitrogen and oxygen atoms in total. The van der Waals surface area contributed by atoms with Crippen molar-refractivity contribution < 1.29 is 0 Å². The van der Waals surface area contributed by atoms with Crippen LogP contribution in [0.1, 0.15) is 34.6 Å².